The van der Waals surface area contributed by atoms with E-state index in [0.717, 1.165) is 0 Å². The average molecular weight is 254 g/mol. The minimum Gasteiger partial charge on any atom is -0.467 e. The molecule has 0 saturated carbocycles. The fraction of sp³-hybridized carbons (Fsp3) is 0.750. The smallest absolute Gasteiger partial charge is 0.411 e. The van der Waals surface area contributed by atoms with E-state index in [1.807, 2.05) is 0 Å². The second kappa shape index (κ2) is 5.25. The summed E-state index contributed by atoms with van der Waals surface area (Å²) in [5, 5.41) is 8.89. The summed E-state index contributed by atoms with van der Waals surface area (Å²) in [5.74, 6) is -0.875. The number of methoxy groups -OCH3 is 1. The number of hydrogen-bond acceptors (Lipinski definition) is 5. The predicted octanol–water partition coefficient (Wildman–Crippen LogP) is 1.31. The molecule has 0 aromatic rings. The molecule has 0 N–H and O–H groups in total. The number of rotatable bonds is 1. The number of hydrogen-bond donors (Lipinski definition) is 0. The molecule has 1 fully saturated rings. The molecule has 0 unspecified atom stereocenters. The van der Waals surface area contributed by atoms with Crippen molar-refractivity contribution in [3.63, 3.8) is 0 Å². The molecule has 6 nitrogen and oxygen atoms in total. The topological polar surface area (TPSA) is 79.6 Å². The van der Waals surface area contributed by atoms with Crippen LogP contribution in [0.3, 0.4) is 0 Å². The zero-order valence-electron chi connectivity index (χ0n) is 11.1. The van der Waals surface area contributed by atoms with E-state index in [2.05, 4.69) is 10.8 Å². The lowest BCUT2D eigenvalue weighted by Crippen LogP contribution is -2.43. The Morgan fingerprint density at radius 1 is 1.39 bits per heavy atom. The minimum absolute atomic E-state index is 0.200. The number of carbonyl (C=O) groups is 2. The van der Waals surface area contributed by atoms with Gasteiger partial charge in [0, 0.05) is 6.54 Å². The predicted molar refractivity (Wildman–Crippen MR) is 62.5 cm³/mol. The molecule has 0 radical (unpaired) electrons. The summed E-state index contributed by atoms with van der Waals surface area (Å²) in [7, 11) is 1.26. The number of esters is 1. The molecule has 1 heterocycles. The second-order valence-electron chi connectivity index (χ2n) is 5.23. The summed E-state index contributed by atoms with van der Waals surface area (Å²) in [6, 6.07) is 1.34. The van der Waals surface area contributed by atoms with E-state index in [4.69, 9.17) is 10.00 Å². The van der Waals surface area contributed by atoms with Gasteiger partial charge in [-0.25, -0.2) is 9.59 Å². The minimum atomic E-state index is -0.727. The molecule has 0 aromatic carbocycles. The maximum Gasteiger partial charge on any atom is 0.411 e. The summed E-state index contributed by atoms with van der Waals surface area (Å²) in [6.07, 6.45) is -0.293. The maximum atomic E-state index is 11.9. The van der Waals surface area contributed by atoms with Crippen molar-refractivity contribution in [2.45, 2.75) is 38.8 Å². The first-order valence-corrected chi connectivity index (χ1v) is 5.75. The van der Waals surface area contributed by atoms with E-state index in [1.54, 1.807) is 20.8 Å². The third kappa shape index (κ3) is 3.36. The van der Waals surface area contributed by atoms with Gasteiger partial charge in [-0.1, -0.05) is 0 Å². The van der Waals surface area contributed by atoms with Gasteiger partial charge in [0.1, 0.15) is 11.6 Å². The van der Waals surface area contributed by atoms with Gasteiger partial charge in [0.15, 0.2) is 0 Å². The molecular formula is C12H18N2O4. The van der Waals surface area contributed by atoms with Crippen LogP contribution in [0.5, 0.6) is 0 Å². The molecule has 0 aromatic heterocycles. The van der Waals surface area contributed by atoms with Crippen LogP contribution in [0.1, 0.15) is 27.2 Å². The van der Waals surface area contributed by atoms with Gasteiger partial charge in [-0.3, -0.25) is 4.90 Å². The van der Waals surface area contributed by atoms with Gasteiger partial charge in [0.25, 0.3) is 0 Å². The summed E-state index contributed by atoms with van der Waals surface area (Å²) in [6.45, 7) is 5.44. The molecule has 0 bridgehead atoms. The highest BCUT2D eigenvalue weighted by atomic mass is 16.6. The van der Waals surface area contributed by atoms with Crippen LogP contribution in [0.25, 0.3) is 0 Å². The van der Waals surface area contributed by atoms with Crippen LogP contribution < -0.4 is 0 Å². The first-order chi connectivity index (χ1) is 8.28. The number of nitrogens with zero attached hydrogens (tertiary/aromatic N) is 2. The molecule has 1 aliphatic rings. The van der Waals surface area contributed by atoms with Crippen LogP contribution in [0.4, 0.5) is 4.79 Å². The number of likely N-dealkylation sites (tertiary alicyclic amines) is 1. The highest BCUT2D eigenvalue weighted by Crippen LogP contribution is 2.25. The molecule has 1 amide bonds. The van der Waals surface area contributed by atoms with Crippen LogP contribution >= 0.6 is 0 Å². The quantitative estimate of drug-likeness (QED) is 0.659. The molecule has 1 aliphatic heterocycles. The van der Waals surface area contributed by atoms with Crippen molar-refractivity contribution in [2.75, 3.05) is 13.7 Å². The Kier molecular flexibility index (Phi) is 4.17. The number of ether oxygens (including phenoxy) is 2. The summed E-state index contributed by atoms with van der Waals surface area (Å²) in [4.78, 5) is 24.8. The van der Waals surface area contributed by atoms with Crippen molar-refractivity contribution in [3.05, 3.63) is 0 Å². The molecule has 18 heavy (non-hydrogen) atoms. The van der Waals surface area contributed by atoms with Gasteiger partial charge in [-0.05, 0) is 27.2 Å². The van der Waals surface area contributed by atoms with Crippen LogP contribution in [0.15, 0.2) is 0 Å². The van der Waals surface area contributed by atoms with Crippen molar-refractivity contribution < 1.29 is 19.1 Å². The Hall–Kier alpha value is -1.77. The highest BCUT2D eigenvalue weighted by molar-refractivity contribution is 5.82. The molecule has 2 atom stereocenters. The Morgan fingerprint density at radius 2 is 2.00 bits per heavy atom. The van der Waals surface area contributed by atoms with E-state index in [-0.39, 0.29) is 12.5 Å². The molecule has 100 valence electrons. The van der Waals surface area contributed by atoms with Crippen molar-refractivity contribution in [3.8, 4) is 6.07 Å². The number of amides is 1. The zero-order valence-corrected chi connectivity index (χ0v) is 11.1. The van der Waals surface area contributed by atoms with Crippen LogP contribution in [0.2, 0.25) is 0 Å². The maximum absolute atomic E-state index is 11.9. The molecule has 1 rings (SSSR count). The van der Waals surface area contributed by atoms with E-state index in [0.29, 0.717) is 6.42 Å². The van der Waals surface area contributed by atoms with Crippen molar-refractivity contribution in [1.82, 2.24) is 4.90 Å². The molecule has 1 saturated heterocycles. The van der Waals surface area contributed by atoms with Gasteiger partial charge in [0.05, 0.1) is 19.1 Å². The Balaban J connectivity index is 2.81. The average Bonchev–Trinajstić information content (AvgIpc) is 2.69. The van der Waals surface area contributed by atoms with Gasteiger partial charge in [0.2, 0.25) is 0 Å². The third-order valence-corrected chi connectivity index (χ3v) is 2.58. The normalized spacial score (nSPS) is 23.4. The molecule has 6 heteroatoms. The second-order valence-corrected chi connectivity index (χ2v) is 5.23. The molecule has 0 spiro atoms. The van der Waals surface area contributed by atoms with E-state index < -0.39 is 23.7 Å². The third-order valence-electron chi connectivity index (χ3n) is 2.58. The lowest BCUT2D eigenvalue weighted by Gasteiger charge is -2.27. The monoisotopic (exact) mass is 254 g/mol. The van der Waals surface area contributed by atoms with Crippen molar-refractivity contribution >= 4 is 12.1 Å². The lowest BCUT2D eigenvalue weighted by atomic mass is 10.1. The SMILES string of the molecule is COC(=O)[C@@H]1C[C@@H](C#N)CN1C(=O)OC(C)(C)C. The molecular weight excluding hydrogens is 236 g/mol. The Bertz CT molecular complexity index is 381. The van der Waals surface area contributed by atoms with Crippen molar-refractivity contribution in [1.29, 1.82) is 5.26 Å². The Morgan fingerprint density at radius 3 is 2.44 bits per heavy atom. The van der Waals surface area contributed by atoms with Gasteiger partial charge in [-0.15, -0.1) is 0 Å². The molecule has 0 aliphatic carbocycles. The standard InChI is InChI=1S/C12H18N2O4/c1-12(2,3)18-11(16)14-7-8(6-13)5-9(14)10(15)17-4/h8-9H,5,7H2,1-4H3/t8-,9-/m0/s1. The zero-order chi connectivity index (χ0) is 13.9. The fourth-order valence-corrected chi connectivity index (χ4v) is 1.81. The van der Waals surface area contributed by atoms with E-state index >= 15 is 0 Å². The first-order valence-electron chi connectivity index (χ1n) is 5.75. The summed E-state index contributed by atoms with van der Waals surface area (Å²) < 4.78 is 9.85. The first kappa shape index (κ1) is 14.3. The lowest BCUT2D eigenvalue weighted by molar-refractivity contribution is -0.145. The number of carbonyl (C=O) groups excluding carboxylic acids is 2. The van der Waals surface area contributed by atoms with Gasteiger partial charge >= 0.3 is 12.1 Å². The number of nitriles is 1. The summed E-state index contributed by atoms with van der Waals surface area (Å²) in [5.41, 5.74) is -0.636. The van der Waals surface area contributed by atoms with Gasteiger partial charge in [-0.2, -0.15) is 5.26 Å². The van der Waals surface area contributed by atoms with Crippen LogP contribution in [0, 0.1) is 17.2 Å². The highest BCUT2D eigenvalue weighted by Gasteiger charge is 2.42. The van der Waals surface area contributed by atoms with E-state index in [1.165, 1.54) is 12.0 Å². The fourth-order valence-electron chi connectivity index (χ4n) is 1.81. The Labute approximate surface area is 106 Å². The van der Waals surface area contributed by atoms with E-state index in [9.17, 15) is 9.59 Å². The van der Waals surface area contributed by atoms with Crippen LogP contribution in [-0.4, -0.2) is 42.3 Å². The van der Waals surface area contributed by atoms with Gasteiger partial charge < -0.3 is 9.47 Å². The van der Waals surface area contributed by atoms with Crippen LogP contribution in [-0.2, 0) is 14.3 Å². The largest absolute Gasteiger partial charge is 0.467 e. The summed E-state index contributed by atoms with van der Waals surface area (Å²) >= 11 is 0. The van der Waals surface area contributed by atoms with Crippen molar-refractivity contribution in [2.24, 2.45) is 5.92 Å².